The number of hydrogen-bond acceptors (Lipinski definition) is 3. The maximum atomic E-state index is 14.3. The molecule has 0 spiro atoms. The SMILES string of the molecule is CCCNCc1ccc(N2CCN(C3CC3)CC2)c(F)c1. The lowest BCUT2D eigenvalue weighted by molar-refractivity contribution is 0.247. The lowest BCUT2D eigenvalue weighted by atomic mass is 10.1. The number of rotatable bonds is 6. The minimum atomic E-state index is -0.0781. The van der Waals surface area contributed by atoms with Crippen LogP contribution in [-0.4, -0.2) is 43.7 Å². The fraction of sp³-hybridized carbons (Fsp3) is 0.647. The van der Waals surface area contributed by atoms with Gasteiger partial charge in [-0.25, -0.2) is 4.39 Å². The van der Waals surface area contributed by atoms with E-state index in [4.69, 9.17) is 0 Å². The van der Waals surface area contributed by atoms with Crippen LogP contribution in [0.5, 0.6) is 0 Å². The first-order valence-electron chi connectivity index (χ1n) is 8.26. The summed E-state index contributed by atoms with van der Waals surface area (Å²) >= 11 is 0. The number of nitrogens with zero attached hydrogens (tertiary/aromatic N) is 2. The summed E-state index contributed by atoms with van der Waals surface area (Å²) in [6.45, 7) is 7.90. The summed E-state index contributed by atoms with van der Waals surface area (Å²) in [4.78, 5) is 4.74. The van der Waals surface area contributed by atoms with E-state index in [9.17, 15) is 4.39 Å². The number of piperazine rings is 1. The van der Waals surface area contributed by atoms with Gasteiger partial charge in [0.25, 0.3) is 0 Å². The average molecular weight is 291 g/mol. The van der Waals surface area contributed by atoms with Crippen LogP contribution >= 0.6 is 0 Å². The molecule has 1 saturated carbocycles. The lowest BCUT2D eigenvalue weighted by Gasteiger charge is -2.36. The normalized spacial score (nSPS) is 20.0. The standard InChI is InChI=1S/C17H26FN3/c1-2-7-19-13-14-3-6-17(16(18)12-14)21-10-8-20(9-11-21)15-4-5-15/h3,6,12,15,19H,2,4-5,7-11,13H2,1H3. The van der Waals surface area contributed by atoms with Gasteiger partial charge in [0.05, 0.1) is 5.69 Å². The monoisotopic (exact) mass is 291 g/mol. The number of benzene rings is 1. The molecule has 0 aromatic heterocycles. The highest BCUT2D eigenvalue weighted by molar-refractivity contribution is 5.49. The van der Waals surface area contributed by atoms with Crippen molar-refractivity contribution in [3.63, 3.8) is 0 Å². The topological polar surface area (TPSA) is 18.5 Å². The molecule has 2 aliphatic rings. The van der Waals surface area contributed by atoms with Crippen LogP contribution in [0.4, 0.5) is 10.1 Å². The third-order valence-corrected chi connectivity index (χ3v) is 4.49. The molecule has 0 amide bonds. The van der Waals surface area contributed by atoms with Crippen LogP contribution in [0.15, 0.2) is 18.2 Å². The summed E-state index contributed by atoms with van der Waals surface area (Å²) in [6, 6.07) is 6.51. The third kappa shape index (κ3) is 3.74. The highest BCUT2D eigenvalue weighted by Gasteiger charge is 2.31. The molecule has 0 radical (unpaired) electrons. The van der Waals surface area contributed by atoms with Gasteiger partial charge in [-0.2, -0.15) is 0 Å². The van der Waals surface area contributed by atoms with Crippen LogP contribution in [0, 0.1) is 5.82 Å². The number of halogens is 1. The minimum absolute atomic E-state index is 0.0781. The largest absolute Gasteiger partial charge is 0.367 e. The van der Waals surface area contributed by atoms with Crippen molar-refractivity contribution in [3.8, 4) is 0 Å². The molecule has 1 saturated heterocycles. The molecule has 0 atom stereocenters. The van der Waals surface area contributed by atoms with Crippen molar-refractivity contribution < 1.29 is 4.39 Å². The van der Waals surface area contributed by atoms with E-state index in [1.807, 2.05) is 12.1 Å². The quantitative estimate of drug-likeness (QED) is 0.813. The summed E-state index contributed by atoms with van der Waals surface area (Å²) in [5.41, 5.74) is 1.80. The third-order valence-electron chi connectivity index (χ3n) is 4.49. The molecule has 2 fully saturated rings. The van der Waals surface area contributed by atoms with Crippen molar-refractivity contribution in [2.45, 2.75) is 38.8 Å². The zero-order chi connectivity index (χ0) is 14.7. The molecule has 1 N–H and O–H groups in total. The van der Waals surface area contributed by atoms with Gasteiger partial charge in [0.2, 0.25) is 0 Å². The van der Waals surface area contributed by atoms with Gasteiger partial charge in [-0.15, -0.1) is 0 Å². The van der Waals surface area contributed by atoms with Crippen LogP contribution in [0.25, 0.3) is 0 Å². The Hall–Kier alpha value is -1.13. The molecule has 1 aromatic rings. The van der Waals surface area contributed by atoms with E-state index in [-0.39, 0.29) is 5.82 Å². The molecule has 3 rings (SSSR count). The first kappa shape index (κ1) is 14.8. The van der Waals surface area contributed by atoms with E-state index < -0.39 is 0 Å². The van der Waals surface area contributed by atoms with Gasteiger partial charge in [-0.3, -0.25) is 4.90 Å². The highest BCUT2D eigenvalue weighted by Crippen LogP contribution is 2.29. The fourth-order valence-electron chi connectivity index (χ4n) is 3.09. The first-order chi connectivity index (χ1) is 10.3. The molecule has 0 unspecified atom stereocenters. The summed E-state index contributed by atoms with van der Waals surface area (Å²) in [5, 5.41) is 3.32. The van der Waals surface area contributed by atoms with Crippen LogP contribution < -0.4 is 10.2 Å². The van der Waals surface area contributed by atoms with E-state index in [0.717, 1.165) is 63.0 Å². The molecule has 4 heteroatoms. The Morgan fingerprint density at radius 1 is 1.19 bits per heavy atom. The minimum Gasteiger partial charge on any atom is -0.367 e. The van der Waals surface area contributed by atoms with E-state index in [2.05, 4.69) is 22.0 Å². The molecule has 1 aliphatic carbocycles. The van der Waals surface area contributed by atoms with Gasteiger partial charge >= 0.3 is 0 Å². The van der Waals surface area contributed by atoms with Crippen molar-refractivity contribution >= 4 is 5.69 Å². The van der Waals surface area contributed by atoms with Crippen LogP contribution in [-0.2, 0) is 6.54 Å². The maximum Gasteiger partial charge on any atom is 0.146 e. The van der Waals surface area contributed by atoms with Crippen molar-refractivity contribution in [3.05, 3.63) is 29.6 Å². The second kappa shape index (κ2) is 6.75. The Morgan fingerprint density at radius 3 is 2.57 bits per heavy atom. The van der Waals surface area contributed by atoms with Gasteiger partial charge in [0.15, 0.2) is 0 Å². The molecular formula is C17H26FN3. The van der Waals surface area contributed by atoms with Gasteiger partial charge in [0, 0.05) is 38.8 Å². The van der Waals surface area contributed by atoms with Crippen molar-refractivity contribution in [1.82, 2.24) is 10.2 Å². The molecule has 3 nitrogen and oxygen atoms in total. The Balaban J connectivity index is 1.57. The van der Waals surface area contributed by atoms with Crippen molar-refractivity contribution in [1.29, 1.82) is 0 Å². The first-order valence-corrected chi connectivity index (χ1v) is 8.26. The Bertz CT molecular complexity index is 465. The molecular weight excluding hydrogens is 265 g/mol. The van der Waals surface area contributed by atoms with Crippen LogP contribution in [0.3, 0.4) is 0 Å². The van der Waals surface area contributed by atoms with E-state index in [1.54, 1.807) is 6.07 Å². The Morgan fingerprint density at radius 2 is 1.95 bits per heavy atom. The number of anilines is 1. The number of nitrogens with one attached hydrogen (secondary N) is 1. The fourth-order valence-corrected chi connectivity index (χ4v) is 3.09. The second-order valence-electron chi connectivity index (χ2n) is 6.22. The highest BCUT2D eigenvalue weighted by atomic mass is 19.1. The molecule has 1 heterocycles. The molecule has 21 heavy (non-hydrogen) atoms. The molecule has 0 bridgehead atoms. The van der Waals surface area contributed by atoms with Crippen molar-refractivity contribution in [2.75, 3.05) is 37.6 Å². The summed E-state index contributed by atoms with van der Waals surface area (Å²) < 4.78 is 14.3. The van der Waals surface area contributed by atoms with Crippen LogP contribution in [0.1, 0.15) is 31.7 Å². The Kier molecular flexibility index (Phi) is 4.76. The van der Waals surface area contributed by atoms with Crippen molar-refractivity contribution in [2.24, 2.45) is 0 Å². The zero-order valence-corrected chi connectivity index (χ0v) is 12.9. The summed E-state index contributed by atoms with van der Waals surface area (Å²) in [5.74, 6) is -0.0781. The molecule has 1 aliphatic heterocycles. The van der Waals surface area contributed by atoms with Crippen LogP contribution in [0.2, 0.25) is 0 Å². The number of hydrogen-bond donors (Lipinski definition) is 1. The summed E-state index contributed by atoms with van der Waals surface area (Å²) in [6.07, 6.45) is 3.81. The predicted octanol–water partition coefficient (Wildman–Crippen LogP) is 2.61. The van der Waals surface area contributed by atoms with Gasteiger partial charge < -0.3 is 10.2 Å². The maximum absolute atomic E-state index is 14.3. The van der Waals surface area contributed by atoms with Gasteiger partial charge in [-0.05, 0) is 43.5 Å². The van der Waals surface area contributed by atoms with Gasteiger partial charge in [0.1, 0.15) is 5.82 Å². The smallest absolute Gasteiger partial charge is 0.146 e. The average Bonchev–Trinajstić information content (AvgIpc) is 3.33. The zero-order valence-electron chi connectivity index (χ0n) is 12.9. The van der Waals surface area contributed by atoms with E-state index in [0.29, 0.717) is 0 Å². The summed E-state index contributed by atoms with van der Waals surface area (Å²) in [7, 11) is 0. The van der Waals surface area contributed by atoms with E-state index in [1.165, 1.54) is 12.8 Å². The second-order valence-corrected chi connectivity index (χ2v) is 6.22. The molecule has 116 valence electrons. The predicted molar refractivity (Wildman–Crippen MR) is 85.2 cm³/mol. The Labute approximate surface area is 127 Å². The lowest BCUT2D eigenvalue weighted by Crippen LogP contribution is -2.47. The van der Waals surface area contributed by atoms with E-state index >= 15 is 0 Å². The molecule has 1 aromatic carbocycles. The van der Waals surface area contributed by atoms with Gasteiger partial charge in [-0.1, -0.05) is 13.0 Å².